The van der Waals surface area contributed by atoms with Gasteiger partial charge in [-0.1, -0.05) is 42.5 Å². The summed E-state index contributed by atoms with van der Waals surface area (Å²) in [5.74, 6) is -0.0207. The molecule has 2 aromatic rings. The van der Waals surface area contributed by atoms with Crippen LogP contribution in [-0.2, 0) is 6.54 Å². The van der Waals surface area contributed by atoms with E-state index in [4.69, 9.17) is 0 Å². The van der Waals surface area contributed by atoms with E-state index in [2.05, 4.69) is 75.5 Å². The molecule has 0 aliphatic heterocycles. The van der Waals surface area contributed by atoms with Gasteiger partial charge in [0.2, 0.25) is 0 Å². The molecule has 162 valence electrons. The van der Waals surface area contributed by atoms with Crippen LogP contribution >= 0.6 is 40.7 Å². The highest BCUT2D eigenvalue weighted by Gasteiger charge is 2.08. The summed E-state index contributed by atoms with van der Waals surface area (Å²) in [7, 11) is 4.32. The van der Waals surface area contributed by atoms with E-state index in [0.29, 0.717) is 12.1 Å². The molecule has 0 aromatic heterocycles. The largest absolute Gasteiger partial charge is 0.352 e. The molecule has 0 heterocycles. The third-order valence-corrected chi connectivity index (χ3v) is 5.19. The second-order valence-corrected chi connectivity index (χ2v) is 7.82. The number of nitrogens with zero attached hydrogens (tertiary/aromatic N) is 2. The van der Waals surface area contributed by atoms with Gasteiger partial charge >= 0.3 is 0 Å². The molecular formula is C22H32BrCl2N3O. The lowest BCUT2D eigenvalue weighted by Gasteiger charge is -2.20. The van der Waals surface area contributed by atoms with Crippen molar-refractivity contribution in [2.45, 2.75) is 19.4 Å². The molecule has 0 spiro atoms. The number of carbonyl (C=O) groups is 1. The number of halogens is 3. The van der Waals surface area contributed by atoms with Gasteiger partial charge in [-0.25, -0.2) is 0 Å². The topological polar surface area (TPSA) is 35.6 Å². The highest BCUT2D eigenvalue weighted by Crippen LogP contribution is 2.15. The number of hydrogen-bond donors (Lipinski definition) is 1. The average Bonchev–Trinajstić information content (AvgIpc) is 2.66. The smallest absolute Gasteiger partial charge is 0.252 e. The van der Waals surface area contributed by atoms with Crippen LogP contribution in [0.25, 0.3) is 0 Å². The Labute approximate surface area is 196 Å². The zero-order valence-corrected chi connectivity index (χ0v) is 20.4. The van der Waals surface area contributed by atoms with Crippen LogP contribution in [0.2, 0.25) is 0 Å². The van der Waals surface area contributed by atoms with Gasteiger partial charge in [-0.3, -0.25) is 4.79 Å². The van der Waals surface area contributed by atoms with Gasteiger partial charge in [0.05, 0.1) is 5.56 Å². The molecule has 0 aliphatic carbocycles. The Morgan fingerprint density at radius 3 is 2.14 bits per heavy atom. The summed E-state index contributed by atoms with van der Waals surface area (Å²) in [5, 5.41) is 2.99. The minimum absolute atomic E-state index is 0. The molecule has 4 nitrogen and oxygen atoms in total. The highest BCUT2D eigenvalue weighted by molar-refractivity contribution is 9.10. The highest BCUT2D eigenvalue weighted by atomic mass is 79.9. The number of amides is 1. The molecule has 7 heteroatoms. The zero-order valence-electron chi connectivity index (χ0n) is 17.1. The molecule has 0 aliphatic rings. The van der Waals surface area contributed by atoms with Crippen LogP contribution in [0.4, 0.5) is 0 Å². The van der Waals surface area contributed by atoms with E-state index in [-0.39, 0.29) is 30.7 Å². The molecule has 0 fully saturated rings. The van der Waals surface area contributed by atoms with Crippen LogP contribution in [0.3, 0.4) is 0 Å². The SMILES string of the molecule is CN(CCCNC(=O)c1ccccc1Br)CCCN(C)Cc1ccccc1.Cl.Cl. The Hall–Kier alpha value is -1.11. The third kappa shape index (κ3) is 11.0. The predicted octanol–water partition coefficient (Wildman–Crippen LogP) is 4.87. The van der Waals surface area contributed by atoms with Crippen molar-refractivity contribution in [3.63, 3.8) is 0 Å². The Morgan fingerprint density at radius 2 is 1.45 bits per heavy atom. The van der Waals surface area contributed by atoms with Gasteiger partial charge < -0.3 is 15.1 Å². The first kappa shape index (κ1) is 27.9. The summed E-state index contributed by atoms with van der Waals surface area (Å²) >= 11 is 3.42. The molecule has 2 rings (SSSR count). The lowest BCUT2D eigenvalue weighted by molar-refractivity contribution is 0.0951. The molecule has 1 amide bonds. The maximum absolute atomic E-state index is 12.1. The Morgan fingerprint density at radius 1 is 0.862 bits per heavy atom. The molecule has 0 radical (unpaired) electrons. The lowest BCUT2D eigenvalue weighted by atomic mass is 10.2. The maximum atomic E-state index is 12.1. The lowest BCUT2D eigenvalue weighted by Crippen LogP contribution is -2.30. The average molecular weight is 505 g/mol. The van der Waals surface area contributed by atoms with E-state index < -0.39 is 0 Å². The normalized spacial score (nSPS) is 10.4. The summed E-state index contributed by atoms with van der Waals surface area (Å²) in [6.45, 7) is 4.82. The molecule has 1 N–H and O–H groups in total. The third-order valence-electron chi connectivity index (χ3n) is 4.50. The van der Waals surface area contributed by atoms with Gasteiger partial charge in [0, 0.05) is 17.6 Å². The predicted molar refractivity (Wildman–Crippen MR) is 130 cm³/mol. The van der Waals surface area contributed by atoms with E-state index in [9.17, 15) is 4.79 Å². The molecular weight excluding hydrogens is 473 g/mol. The van der Waals surface area contributed by atoms with Gasteiger partial charge in [0.15, 0.2) is 0 Å². The number of nitrogens with one attached hydrogen (secondary N) is 1. The van der Waals surface area contributed by atoms with Gasteiger partial charge in [-0.05, 0) is 80.2 Å². The molecule has 0 saturated heterocycles. The van der Waals surface area contributed by atoms with Gasteiger partial charge in [-0.2, -0.15) is 0 Å². The van der Waals surface area contributed by atoms with Crippen LogP contribution in [0, 0.1) is 0 Å². The standard InChI is InChI=1S/C22H30BrN3O.2ClH/c1-25(16-9-17-26(2)18-19-10-4-3-5-11-19)15-8-14-24-22(27)20-12-6-7-13-21(20)23;;/h3-7,10-13H,8-9,14-18H2,1-2H3,(H,24,27);2*1H. The first-order valence-electron chi connectivity index (χ1n) is 9.50. The van der Waals surface area contributed by atoms with E-state index in [0.717, 1.165) is 43.5 Å². The molecule has 0 atom stereocenters. The summed E-state index contributed by atoms with van der Waals surface area (Å²) < 4.78 is 0.833. The second kappa shape index (κ2) is 15.7. The first-order chi connectivity index (χ1) is 13.1. The van der Waals surface area contributed by atoms with Crippen molar-refractivity contribution in [3.05, 3.63) is 70.2 Å². The van der Waals surface area contributed by atoms with E-state index in [1.165, 1.54) is 5.56 Å². The second-order valence-electron chi connectivity index (χ2n) is 6.97. The minimum Gasteiger partial charge on any atom is -0.352 e. The van der Waals surface area contributed by atoms with Crippen LogP contribution in [-0.4, -0.2) is 56.0 Å². The van der Waals surface area contributed by atoms with Crippen molar-refractivity contribution in [2.75, 3.05) is 40.3 Å². The van der Waals surface area contributed by atoms with Gasteiger partial charge in [0.1, 0.15) is 0 Å². The molecule has 0 unspecified atom stereocenters. The number of hydrogen-bond acceptors (Lipinski definition) is 3. The summed E-state index contributed by atoms with van der Waals surface area (Å²) in [6.07, 6.45) is 2.09. The van der Waals surface area contributed by atoms with Crippen LogP contribution in [0.5, 0.6) is 0 Å². The molecule has 2 aromatic carbocycles. The monoisotopic (exact) mass is 503 g/mol. The van der Waals surface area contributed by atoms with Crippen molar-refractivity contribution in [2.24, 2.45) is 0 Å². The van der Waals surface area contributed by atoms with Crippen LogP contribution < -0.4 is 5.32 Å². The van der Waals surface area contributed by atoms with Crippen molar-refractivity contribution < 1.29 is 4.79 Å². The van der Waals surface area contributed by atoms with Crippen LogP contribution in [0.1, 0.15) is 28.8 Å². The van der Waals surface area contributed by atoms with Crippen molar-refractivity contribution in [1.82, 2.24) is 15.1 Å². The Kier molecular flexibility index (Phi) is 15.1. The maximum Gasteiger partial charge on any atom is 0.252 e. The first-order valence-corrected chi connectivity index (χ1v) is 10.3. The summed E-state index contributed by atoms with van der Waals surface area (Å²) in [6, 6.07) is 18.1. The van der Waals surface area contributed by atoms with Crippen molar-refractivity contribution in [1.29, 1.82) is 0 Å². The molecule has 0 bridgehead atoms. The van der Waals surface area contributed by atoms with E-state index >= 15 is 0 Å². The van der Waals surface area contributed by atoms with E-state index in [1.54, 1.807) is 0 Å². The quantitative estimate of drug-likeness (QED) is 0.443. The number of benzene rings is 2. The summed E-state index contributed by atoms with van der Waals surface area (Å²) in [5.41, 5.74) is 2.04. The van der Waals surface area contributed by atoms with Crippen molar-refractivity contribution in [3.8, 4) is 0 Å². The number of carbonyl (C=O) groups excluding carboxylic acids is 1. The van der Waals surface area contributed by atoms with Gasteiger partial charge in [0.25, 0.3) is 5.91 Å². The fourth-order valence-electron chi connectivity index (χ4n) is 2.99. The molecule has 29 heavy (non-hydrogen) atoms. The van der Waals surface area contributed by atoms with E-state index in [1.807, 2.05) is 24.3 Å². The summed E-state index contributed by atoms with van der Waals surface area (Å²) in [4.78, 5) is 16.8. The fraction of sp³-hybridized carbons (Fsp3) is 0.409. The minimum atomic E-state index is -0.0207. The van der Waals surface area contributed by atoms with Crippen LogP contribution in [0.15, 0.2) is 59.1 Å². The number of rotatable bonds is 11. The fourth-order valence-corrected chi connectivity index (χ4v) is 3.45. The molecule has 0 saturated carbocycles. The van der Waals surface area contributed by atoms with Crippen molar-refractivity contribution >= 4 is 46.7 Å². The Balaban J connectivity index is 0.00000392. The zero-order chi connectivity index (χ0) is 19.5. The Bertz CT molecular complexity index is 703. The van der Waals surface area contributed by atoms with Gasteiger partial charge in [-0.15, -0.1) is 24.8 Å².